The summed E-state index contributed by atoms with van der Waals surface area (Å²) in [4.78, 5) is 30.6. The zero-order valence-corrected chi connectivity index (χ0v) is 16.2. The molecule has 1 aromatic carbocycles. The summed E-state index contributed by atoms with van der Waals surface area (Å²) in [6.07, 6.45) is 3.65. The Hall–Kier alpha value is -2.89. The number of pyridine rings is 1. The third kappa shape index (κ3) is 4.45. The van der Waals surface area contributed by atoms with Gasteiger partial charge in [0.05, 0.1) is 6.04 Å². The van der Waals surface area contributed by atoms with Crippen molar-refractivity contribution in [2.24, 2.45) is 0 Å². The van der Waals surface area contributed by atoms with Crippen LogP contribution in [0.4, 0.5) is 10.5 Å². The van der Waals surface area contributed by atoms with E-state index in [0.29, 0.717) is 24.2 Å². The Morgan fingerprint density at radius 3 is 2.56 bits per heavy atom. The van der Waals surface area contributed by atoms with Crippen molar-refractivity contribution in [2.45, 2.75) is 45.8 Å². The molecular formula is C21H25N3O3. The van der Waals surface area contributed by atoms with Crippen LogP contribution >= 0.6 is 0 Å². The molecule has 142 valence electrons. The second-order valence-corrected chi connectivity index (χ2v) is 7.70. The van der Waals surface area contributed by atoms with Gasteiger partial charge in [0.25, 0.3) is 5.91 Å². The highest BCUT2D eigenvalue weighted by molar-refractivity contribution is 6.04. The third-order valence-electron chi connectivity index (χ3n) is 4.51. The normalized spacial score (nSPS) is 16.4. The quantitative estimate of drug-likeness (QED) is 0.864. The van der Waals surface area contributed by atoms with Crippen molar-refractivity contribution >= 4 is 17.7 Å². The molecule has 0 radical (unpaired) electrons. The maximum absolute atomic E-state index is 12.5. The topological polar surface area (TPSA) is 71.5 Å². The number of carbonyl (C=O) groups excluding carboxylic acids is 2. The van der Waals surface area contributed by atoms with Gasteiger partial charge in [0.1, 0.15) is 5.60 Å². The van der Waals surface area contributed by atoms with Crippen LogP contribution < -0.4 is 5.32 Å². The maximum Gasteiger partial charge on any atom is 0.410 e. The van der Waals surface area contributed by atoms with E-state index in [0.717, 1.165) is 11.1 Å². The lowest BCUT2D eigenvalue weighted by atomic mass is 9.92. The molecule has 0 saturated heterocycles. The molecule has 0 fully saturated rings. The Labute approximate surface area is 159 Å². The Balaban J connectivity index is 1.75. The number of nitrogens with one attached hydrogen (secondary N) is 1. The molecule has 6 heteroatoms. The van der Waals surface area contributed by atoms with Gasteiger partial charge in [0.2, 0.25) is 0 Å². The van der Waals surface area contributed by atoms with Crippen molar-refractivity contribution in [3.05, 3.63) is 59.4 Å². The molecule has 2 aromatic rings. The zero-order valence-electron chi connectivity index (χ0n) is 16.2. The summed E-state index contributed by atoms with van der Waals surface area (Å²) in [5.74, 6) is -0.161. The molecular weight excluding hydrogens is 342 g/mol. The second-order valence-electron chi connectivity index (χ2n) is 7.70. The van der Waals surface area contributed by atoms with E-state index in [2.05, 4.69) is 10.3 Å². The zero-order chi connectivity index (χ0) is 19.6. The average Bonchev–Trinajstić information content (AvgIpc) is 2.61. The molecule has 1 aliphatic rings. The van der Waals surface area contributed by atoms with Crippen molar-refractivity contribution in [1.82, 2.24) is 9.88 Å². The first-order valence-electron chi connectivity index (χ1n) is 9.08. The molecule has 1 aromatic heterocycles. The van der Waals surface area contributed by atoms with E-state index >= 15 is 0 Å². The molecule has 1 unspecified atom stereocenters. The largest absolute Gasteiger partial charge is 0.444 e. The lowest BCUT2D eigenvalue weighted by molar-refractivity contribution is 0.0159. The second kappa shape index (κ2) is 7.39. The fourth-order valence-electron chi connectivity index (χ4n) is 3.18. The van der Waals surface area contributed by atoms with Crippen LogP contribution in [0.5, 0.6) is 0 Å². The van der Waals surface area contributed by atoms with Crippen LogP contribution in [0.25, 0.3) is 0 Å². The molecule has 3 rings (SSSR count). The highest BCUT2D eigenvalue weighted by Gasteiger charge is 2.31. The van der Waals surface area contributed by atoms with Crippen LogP contribution in [0.15, 0.2) is 42.7 Å². The number of rotatable bonds is 2. The van der Waals surface area contributed by atoms with Gasteiger partial charge < -0.3 is 15.0 Å². The number of anilines is 1. The summed E-state index contributed by atoms with van der Waals surface area (Å²) < 4.78 is 5.51. The molecule has 1 atom stereocenters. The third-order valence-corrected chi connectivity index (χ3v) is 4.51. The standard InChI is InChI=1S/C21H25N3O3/c1-14-18-6-5-16(19(25)23-17-7-10-22-11-8-17)13-15(18)9-12-24(14)20(26)27-21(2,3)4/h5-8,10-11,13-14H,9,12H2,1-4H3,(H,22,23,25). The number of hydrogen-bond donors (Lipinski definition) is 1. The highest BCUT2D eigenvalue weighted by atomic mass is 16.6. The van der Waals surface area contributed by atoms with Crippen LogP contribution in [0.1, 0.15) is 55.2 Å². The monoisotopic (exact) mass is 367 g/mol. The number of ether oxygens (including phenoxy) is 1. The minimum atomic E-state index is -0.522. The summed E-state index contributed by atoms with van der Waals surface area (Å²) in [7, 11) is 0. The summed E-state index contributed by atoms with van der Waals surface area (Å²) in [5, 5.41) is 2.87. The van der Waals surface area contributed by atoms with Gasteiger partial charge >= 0.3 is 6.09 Å². The van der Waals surface area contributed by atoms with Crippen molar-refractivity contribution in [2.75, 3.05) is 11.9 Å². The van der Waals surface area contributed by atoms with E-state index in [1.807, 2.05) is 39.8 Å². The maximum atomic E-state index is 12.5. The highest BCUT2D eigenvalue weighted by Crippen LogP contribution is 2.31. The fourth-order valence-corrected chi connectivity index (χ4v) is 3.18. The van der Waals surface area contributed by atoms with E-state index in [9.17, 15) is 9.59 Å². The van der Waals surface area contributed by atoms with Crippen molar-refractivity contribution in [1.29, 1.82) is 0 Å². The molecule has 0 spiro atoms. The number of hydrogen-bond acceptors (Lipinski definition) is 4. The average molecular weight is 367 g/mol. The molecule has 6 nitrogen and oxygen atoms in total. The van der Waals surface area contributed by atoms with Crippen LogP contribution in [-0.2, 0) is 11.2 Å². The van der Waals surface area contributed by atoms with E-state index in [1.165, 1.54) is 0 Å². The molecule has 2 heterocycles. The summed E-state index contributed by atoms with van der Waals surface area (Å²) >= 11 is 0. The minimum Gasteiger partial charge on any atom is -0.444 e. The van der Waals surface area contributed by atoms with Crippen molar-refractivity contribution in [3.63, 3.8) is 0 Å². The lowest BCUT2D eigenvalue weighted by Crippen LogP contribution is -2.42. The van der Waals surface area contributed by atoms with Crippen LogP contribution in [0, 0.1) is 0 Å². The van der Waals surface area contributed by atoms with Gasteiger partial charge in [-0.15, -0.1) is 0 Å². The van der Waals surface area contributed by atoms with Gasteiger partial charge in [-0.3, -0.25) is 9.78 Å². The fraction of sp³-hybridized carbons (Fsp3) is 0.381. The molecule has 0 aliphatic carbocycles. The minimum absolute atomic E-state index is 0.0964. The molecule has 27 heavy (non-hydrogen) atoms. The Morgan fingerprint density at radius 1 is 1.19 bits per heavy atom. The van der Waals surface area contributed by atoms with Gasteiger partial charge in [-0.25, -0.2) is 4.79 Å². The van der Waals surface area contributed by atoms with E-state index < -0.39 is 5.60 Å². The van der Waals surface area contributed by atoms with Gasteiger partial charge in [-0.05, 0) is 69.5 Å². The number of carbonyl (C=O) groups is 2. The molecule has 1 N–H and O–H groups in total. The van der Waals surface area contributed by atoms with Gasteiger partial charge in [0.15, 0.2) is 0 Å². The van der Waals surface area contributed by atoms with E-state index in [4.69, 9.17) is 4.74 Å². The molecule has 0 saturated carbocycles. The lowest BCUT2D eigenvalue weighted by Gasteiger charge is -2.36. The Kier molecular flexibility index (Phi) is 5.17. The van der Waals surface area contributed by atoms with Crippen molar-refractivity contribution in [3.8, 4) is 0 Å². The molecule has 2 amide bonds. The number of fused-ring (bicyclic) bond motifs is 1. The first kappa shape index (κ1) is 18.9. The summed E-state index contributed by atoms with van der Waals surface area (Å²) in [5.41, 5.74) is 2.92. The Morgan fingerprint density at radius 2 is 1.89 bits per heavy atom. The van der Waals surface area contributed by atoms with Crippen LogP contribution in [0.2, 0.25) is 0 Å². The number of benzene rings is 1. The van der Waals surface area contributed by atoms with Crippen LogP contribution in [-0.4, -0.2) is 34.0 Å². The Bertz CT molecular complexity index is 843. The smallest absolute Gasteiger partial charge is 0.410 e. The predicted octanol–water partition coefficient (Wildman–Crippen LogP) is 4.19. The predicted molar refractivity (Wildman–Crippen MR) is 104 cm³/mol. The van der Waals surface area contributed by atoms with Gasteiger partial charge in [0, 0.05) is 30.2 Å². The molecule has 1 aliphatic heterocycles. The van der Waals surface area contributed by atoms with E-state index in [1.54, 1.807) is 35.5 Å². The first-order chi connectivity index (χ1) is 12.7. The van der Waals surface area contributed by atoms with Gasteiger partial charge in [-0.2, -0.15) is 0 Å². The number of amides is 2. The van der Waals surface area contributed by atoms with Gasteiger partial charge in [-0.1, -0.05) is 6.07 Å². The SMILES string of the molecule is CC1c2ccc(C(=O)Nc3ccncc3)cc2CCN1C(=O)OC(C)(C)C. The first-order valence-corrected chi connectivity index (χ1v) is 9.08. The number of nitrogens with zero attached hydrogens (tertiary/aromatic N) is 2. The molecule has 0 bridgehead atoms. The summed E-state index contributed by atoms with van der Waals surface area (Å²) in [6, 6.07) is 9.03. The number of aromatic nitrogens is 1. The van der Waals surface area contributed by atoms with Crippen molar-refractivity contribution < 1.29 is 14.3 Å². The summed E-state index contributed by atoms with van der Waals surface area (Å²) in [6.45, 7) is 8.14. The van der Waals surface area contributed by atoms with Crippen LogP contribution in [0.3, 0.4) is 0 Å². The van der Waals surface area contributed by atoms with E-state index in [-0.39, 0.29) is 18.0 Å².